The van der Waals surface area contributed by atoms with Gasteiger partial charge in [-0.3, -0.25) is 0 Å². The van der Waals surface area contributed by atoms with Gasteiger partial charge in [-0.15, -0.1) is 0 Å². The van der Waals surface area contributed by atoms with Gasteiger partial charge in [0.1, 0.15) is 12.4 Å². The van der Waals surface area contributed by atoms with Crippen LogP contribution < -0.4 is 14.2 Å². The minimum Gasteiger partial charge on any atom is -0.497 e. The molecule has 2 aromatic rings. The molecule has 0 spiro atoms. The second kappa shape index (κ2) is 7.87. The maximum Gasteiger partial charge on any atom is 0.339 e. The van der Waals surface area contributed by atoms with Crippen LogP contribution in [0.25, 0.3) is 0 Å². The lowest BCUT2D eigenvalue weighted by atomic mass is 10.2. The van der Waals surface area contributed by atoms with E-state index in [0.29, 0.717) is 27.3 Å². The Morgan fingerprint density at radius 3 is 2.35 bits per heavy atom. The van der Waals surface area contributed by atoms with Crippen molar-refractivity contribution in [1.82, 2.24) is 0 Å². The van der Waals surface area contributed by atoms with Crippen LogP contribution in [-0.4, -0.2) is 27.3 Å². The van der Waals surface area contributed by atoms with Crippen molar-refractivity contribution in [2.75, 3.05) is 21.3 Å². The van der Waals surface area contributed by atoms with Gasteiger partial charge in [-0.05, 0) is 51.8 Å². The summed E-state index contributed by atoms with van der Waals surface area (Å²) in [4.78, 5) is 12.2. The van der Waals surface area contributed by atoms with Crippen molar-refractivity contribution in [2.45, 2.75) is 6.61 Å². The van der Waals surface area contributed by atoms with Crippen LogP contribution >= 0.6 is 15.9 Å². The molecule has 0 saturated heterocycles. The number of ether oxygens (including phenoxy) is 4. The molecule has 0 aromatic heterocycles. The van der Waals surface area contributed by atoms with Gasteiger partial charge in [0.25, 0.3) is 0 Å². The first-order valence-corrected chi connectivity index (χ1v) is 7.60. The van der Waals surface area contributed by atoms with Crippen LogP contribution in [0.3, 0.4) is 0 Å². The number of carbonyl (C=O) groups is 1. The van der Waals surface area contributed by atoms with Crippen molar-refractivity contribution in [3.05, 3.63) is 52.0 Å². The summed E-state index contributed by atoms with van der Waals surface area (Å²) in [7, 11) is 4.67. The number of halogens is 1. The molecule has 0 aliphatic rings. The number of rotatable bonds is 6. The van der Waals surface area contributed by atoms with E-state index < -0.39 is 5.97 Å². The third-order valence-electron chi connectivity index (χ3n) is 3.21. The topological polar surface area (TPSA) is 54.0 Å². The lowest BCUT2D eigenvalue weighted by molar-refractivity contribution is 0.0471. The van der Waals surface area contributed by atoms with Gasteiger partial charge >= 0.3 is 5.97 Å². The standard InChI is InChI=1S/C17H17BrO5/c1-20-12-5-6-14(18)13(9-12)17(19)23-10-11-4-7-15(21-2)16(8-11)22-3/h4-9H,10H2,1-3H3. The largest absolute Gasteiger partial charge is 0.497 e. The van der Waals surface area contributed by atoms with Gasteiger partial charge in [-0.1, -0.05) is 6.07 Å². The van der Waals surface area contributed by atoms with Crippen LogP contribution in [0.5, 0.6) is 17.2 Å². The normalized spacial score (nSPS) is 10.1. The molecule has 0 fully saturated rings. The average Bonchev–Trinajstić information content (AvgIpc) is 2.59. The van der Waals surface area contributed by atoms with Gasteiger partial charge in [0, 0.05) is 4.47 Å². The van der Waals surface area contributed by atoms with Crippen molar-refractivity contribution < 1.29 is 23.7 Å². The van der Waals surface area contributed by atoms with Crippen LogP contribution in [0.1, 0.15) is 15.9 Å². The zero-order chi connectivity index (χ0) is 16.8. The molecule has 0 radical (unpaired) electrons. The lowest BCUT2D eigenvalue weighted by Crippen LogP contribution is -2.06. The van der Waals surface area contributed by atoms with E-state index in [-0.39, 0.29) is 6.61 Å². The van der Waals surface area contributed by atoms with Crippen molar-refractivity contribution in [3.63, 3.8) is 0 Å². The first-order chi connectivity index (χ1) is 11.1. The van der Waals surface area contributed by atoms with Gasteiger partial charge in [0.05, 0.1) is 26.9 Å². The van der Waals surface area contributed by atoms with Crippen molar-refractivity contribution in [1.29, 1.82) is 0 Å². The molecule has 0 saturated carbocycles. The van der Waals surface area contributed by atoms with Crippen LogP contribution in [0.15, 0.2) is 40.9 Å². The van der Waals surface area contributed by atoms with Crippen molar-refractivity contribution in [3.8, 4) is 17.2 Å². The van der Waals surface area contributed by atoms with Crippen LogP contribution in [0.2, 0.25) is 0 Å². The summed E-state index contributed by atoms with van der Waals surface area (Å²) in [6, 6.07) is 10.5. The maximum atomic E-state index is 12.2. The molecule has 0 aliphatic carbocycles. The highest BCUT2D eigenvalue weighted by molar-refractivity contribution is 9.10. The Hall–Kier alpha value is -2.21. The maximum absolute atomic E-state index is 12.2. The molecule has 0 bridgehead atoms. The summed E-state index contributed by atoms with van der Waals surface area (Å²) >= 11 is 3.34. The van der Waals surface area contributed by atoms with Gasteiger partial charge in [-0.25, -0.2) is 4.79 Å². The fourth-order valence-electron chi connectivity index (χ4n) is 1.98. The third-order valence-corrected chi connectivity index (χ3v) is 3.90. The van der Waals surface area contributed by atoms with Gasteiger partial charge in [0.2, 0.25) is 0 Å². The van der Waals surface area contributed by atoms with Gasteiger partial charge < -0.3 is 18.9 Å². The fourth-order valence-corrected chi connectivity index (χ4v) is 2.39. The molecular weight excluding hydrogens is 364 g/mol. The average molecular weight is 381 g/mol. The number of esters is 1. The molecule has 0 amide bonds. The number of hydrogen-bond acceptors (Lipinski definition) is 5. The van der Waals surface area contributed by atoms with Crippen LogP contribution in [-0.2, 0) is 11.3 Å². The zero-order valence-electron chi connectivity index (χ0n) is 13.1. The molecule has 0 N–H and O–H groups in total. The second-order valence-electron chi connectivity index (χ2n) is 4.61. The highest BCUT2D eigenvalue weighted by atomic mass is 79.9. The Bertz CT molecular complexity index is 699. The molecular formula is C17H17BrO5. The Labute approximate surface area is 143 Å². The Morgan fingerprint density at radius 1 is 0.957 bits per heavy atom. The Morgan fingerprint density at radius 2 is 1.70 bits per heavy atom. The molecule has 23 heavy (non-hydrogen) atoms. The monoisotopic (exact) mass is 380 g/mol. The molecule has 122 valence electrons. The predicted octanol–water partition coefficient (Wildman–Crippen LogP) is 3.83. The molecule has 5 nitrogen and oxygen atoms in total. The second-order valence-corrected chi connectivity index (χ2v) is 5.47. The minimum atomic E-state index is -0.439. The SMILES string of the molecule is COc1ccc(Br)c(C(=O)OCc2ccc(OC)c(OC)c2)c1. The van der Waals surface area contributed by atoms with E-state index in [1.54, 1.807) is 51.7 Å². The molecule has 6 heteroatoms. The summed E-state index contributed by atoms with van der Waals surface area (Å²) in [6.07, 6.45) is 0. The minimum absolute atomic E-state index is 0.128. The van der Waals surface area contributed by atoms with Crippen LogP contribution in [0.4, 0.5) is 0 Å². The summed E-state index contributed by atoms with van der Waals surface area (Å²) in [6.45, 7) is 0.128. The van der Waals surface area contributed by atoms with E-state index in [4.69, 9.17) is 18.9 Å². The number of hydrogen-bond donors (Lipinski definition) is 0. The molecule has 2 aromatic carbocycles. The Kier molecular flexibility index (Phi) is 5.87. The van der Waals surface area contributed by atoms with Crippen LogP contribution in [0, 0.1) is 0 Å². The highest BCUT2D eigenvalue weighted by Gasteiger charge is 2.14. The highest BCUT2D eigenvalue weighted by Crippen LogP contribution is 2.28. The van der Waals surface area contributed by atoms with Gasteiger partial charge in [0.15, 0.2) is 11.5 Å². The van der Waals surface area contributed by atoms with E-state index in [1.807, 2.05) is 6.07 Å². The summed E-state index contributed by atoms with van der Waals surface area (Å²) in [5.74, 6) is 1.36. The van der Waals surface area contributed by atoms with Gasteiger partial charge in [-0.2, -0.15) is 0 Å². The lowest BCUT2D eigenvalue weighted by Gasteiger charge is -2.11. The summed E-state index contributed by atoms with van der Waals surface area (Å²) in [5, 5.41) is 0. The van der Waals surface area contributed by atoms with E-state index in [9.17, 15) is 4.79 Å². The Balaban J connectivity index is 2.10. The predicted molar refractivity (Wildman–Crippen MR) is 89.4 cm³/mol. The quantitative estimate of drug-likeness (QED) is 0.712. The van der Waals surface area contributed by atoms with E-state index in [1.165, 1.54) is 0 Å². The van der Waals surface area contributed by atoms with Crippen molar-refractivity contribution >= 4 is 21.9 Å². The fraction of sp³-hybridized carbons (Fsp3) is 0.235. The van der Waals surface area contributed by atoms with E-state index in [2.05, 4.69) is 15.9 Å². The molecule has 2 rings (SSSR count). The van der Waals surface area contributed by atoms with E-state index >= 15 is 0 Å². The number of methoxy groups -OCH3 is 3. The first-order valence-electron chi connectivity index (χ1n) is 6.80. The van der Waals surface area contributed by atoms with E-state index in [0.717, 1.165) is 5.56 Å². The first kappa shape index (κ1) is 17.1. The molecule has 0 atom stereocenters. The summed E-state index contributed by atoms with van der Waals surface area (Å²) in [5.41, 5.74) is 1.21. The summed E-state index contributed by atoms with van der Waals surface area (Å²) < 4.78 is 21.5. The number of benzene rings is 2. The smallest absolute Gasteiger partial charge is 0.339 e. The number of carbonyl (C=O) groups excluding carboxylic acids is 1. The molecule has 0 heterocycles. The zero-order valence-corrected chi connectivity index (χ0v) is 14.7. The van der Waals surface area contributed by atoms with Crippen molar-refractivity contribution in [2.24, 2.45) is 0 Å². The molecule has 0 unspecified atom stereocenters. The third kappa shape index (κ3) is 4.16. The molecule has 0 aliphatic heterocycles.